The third-order valence-corrected chi connectivity index (χ3v) is 9.48. The van der Waals surface area contributed by atoms with E-state index in [0.29, 0.717) is 25.9 Å². The summed E-state index contributed by atoms with van der Waals surface area (Å²) in [5, 5.41) is 23.6. The van der Waals surface area contributed by atoms with E-state index in [1.54, 1.807) is 21.3 Å². The maximum atomic E-state index is 13.7. The summed E-state index contributed by atoms with van der Waals surface area (Å²) >= 11 is 1.66. The Morgan fingerprint density at radius 3 is 2.86 bits per heavy atom. The largest absolute Gasteiger partial charge is 0.396 e. The Balaban J connectivity index is 1.40. The van der Waals surface area contributed by atoms with Gasteiger partial charge in [0, 0.05) is 24.9 Å². The first-order valence-corrected chi connectivity index (χ1v) is 13.3. The number of rotatable bonds is 10. The Hall–Kier alpha value is -2.66. The molecule has 1 spiro atoms. The first-order valence-electron chi connectivity index (χ1n) is 12.4. The molecule has 35 heavy (non-hydrogen) atoms. The van der Waals surface area contributed by atoms with Crippen LogP contribution in [0.1, 0.15) is 39.0 Å². The number of thioether (sulfide) groups is 1. The molecule has 0 aliphatic carbocycles. The molecule has 11 heteroatoms. The van der Waals surface area contributed by atoms with Crippen molar-refractivity contribution in [3.8, 4) is 0 Å². The number of likely N-dealkylation sites (tertiary alicyclic amines) is 1. The maximum Gasteiger partial charge on any atom is 0.245 e. The molecule has 3 N–H and O–H groups in total. The molecule has 2 bridgehead atoms. The second-order valence-electron chi connectivity index (χ2n) is 9.59. The van der Waals surface area contributed by atoms with E-state index in [9.17, 15) is 19.5 Å². The highest BCUT2D eigenvalue weighted by Gasteiger charge is 2.73. The molecule has 5 rings (SSSR count). The van der Waals surface area contributed by atoms with Gasteiger partial charge >= 0.3 is 0 Å². The van der Waals surface area contributed by atoms with Crippen LogP contribution in [0.25, 0.3) is 11.0 Å². The fourth-order valence-electron chi connectivity index (χ4n) is 6.04. The molecule has 3 aliphatic rings. The third kappa shape index (κ3) is 3.98. The zero-order valence-electron chi connectivity index (χ0n) is 19.9. The highest BCUT2D eigenvalue weighted by molar-refractivity contribution is 8.02. The van der Waals surface area contributed by atoms with Crippen LogP contribution in [0, 0.1) is 11.8 Å². The van der Waals surface area contributed by atoms with Gasteiger partial charge in [-0.3, -0.25) is 14.4 Å². The van der Waals surface area contributed by atoms with Gasteiger partial charge in [-0.05, 0) is 44.2 Å². The van der Waals surface area contributed by atoms with Gasteiger partial charge in [-0.1, -0.05) is 24.3 Å². The molecule has 2 aromatic rings. The molecule has 5 atom stereocenters. The zero-order valence-corrected chi connectivity index (χ0v) is 20.7. The molecule has 0 saturated carbocycles. The SMILES string of the molecule is CCCNC(=O)[C@@H]1[C@H]2C(=O)N(CCCCO)C(C(=O)NCn3nnc4ccccc43)C23CC[C@H]1S3. The van der Waals surface area contributed by atoms with E-state index in [2.05, 4.69) is 20.9 Å². The Morgan fingerprint density at radius 2 is 2.06 bits per heavy atom. The van der Waals surface area contributed by atoms with Gasteiger partial charge in [0.05, 0.1) is 22.1 Å². The highest BCUT2D eigenvalue weighted by atomic mass is 32.2. The van der Waals surface area contributed by atoms with E-state index in [1.165, 1.54) is 0 Å². The van der Waals surface area contributed by atoms with Crippen LogP contribution < -0.4 is 10.6 Å². The lowest BCUT2D eigenvalue weighted by Gasteiger charge is -2.34. The predicted octanol–water partition coefficient (Wildman–Crippen LogP) is 0.895. The highest BCUT2D eigenvalue weighted by Crippen LogP contribution is 2.66. The summed E-state index contributed by atoms with van der Waals surface area (Å²) in [5.74, 6) is -1.33. The minimum Gasteiger partial charge on any atom is -0.396 e. The van der Waals surface area contributed by atoms with Gasteiger partial charge in [-0.25, -0.2) is 4.68 Å². The quantitative estimate of drug-likeness (QED) is 0.413. The van der Waals surface area contributed by atoms with Crippen molar-refractivity contribution >= 4 is 40.5 Å². The van der Waals surface area contributed by atoms with Gasteiger partial charge in [0.2, 0.25) is 17.7 Å². The standard InChI is InChI=1S/C24H32N6O4S/c1-2-11-25-21(32)18-17-9-10-24(35-17)19(18)23(34)29(12-5-6-13-31)20(24)22(33)26-14-30-16-8-4-3-7-15(16)27-28-30/h3-4,7-8,17-20,31H,2,5-6,9-14H2,1H3,(H,25,32)(H,26,33)/t17-,18+,19+,20?,24?/m1/s1. The molecule has 1 aromatic carbocycles. The second-order valence-corrected chi connectivity index (χ2v) is 11.2. The number of para-hydroxylation sites is 1. The molecule has 3 saturated heterocycles. The average molecular weight is 501 g/mol. The number of nitrogens with one attached hydrogen (secondary N) is 2. The van der Waals surface area contributed by atoms with E-state index in [1.807, 2.05) is 31.2 Å². The monoisotopic (exact) mass is 500 g/mol. The lowest BCUT2D eigenvalue weighted by Crippen LogP contribution is -2.54. The number of unbranched alkanes of at least 4 members (excludes halogenated alkanes) is 1. The number of aliphatic hydroxyl groups is 1. The molecule has 188 valence electrons. The average Bonchev–Trinajstić information content (AvgIpc) is 3.61. The van der Waals surface area contributed by atoms with Gasteiger partial charge in [0.15, 0.2) is 0 Å². The van der Waals surface area contributed by atoms with Crippen LogP contribution in [0.2, 0.25) is 0 Å². The molecular formula is C24H32N6O4S. The van der Waals surface area contributed by atoms with Gasteiger partial charge in [0.1, 0.15) is 18.2 Å². The summed E-state index contributed by atoms with van der Waals surface area (Å²) in [5.41, 5.74) is 1.56. The summed E-state index contributed by atoms with van der Waals surface area (Å²) in [7, 11) is 0. The van der Waals surface area contributed by atoms with Crippen molar-refractivity contribution in [1.82, 2.24) is 30.5 Å². The number of amides is 3. The van der Waals surface area contributed by atoms with Crippen LogP contribution in [-0.2, 0) is 21.1 Å². The van der Waals surface area contributed by atoms with Crippen LogP contribution in [-0.4, -0.2) is 78.5 Å². The summed E-state index contributed by atoms with van der Waals surface area (Å²) < 4.78 is 1.03. The Bertz CT molecular complexity index is 1120. The lowest BCUT2D eigenvalue weighted by molar-refractivity contribution is -0.140. The van der Waals surface area contributed by atoms with Crippen molar-refractivity contribution in [3.63, 3.8) is 0 Å². The summed E-state index contributed by atoms with van der Waals surface area (Å²) in [4.78, 5) is 42.2. The fraction of sp³-hybridized carbons (Fsp3) is 0.625. The molecule has 2 unspecified atom stereocenters. The van der Waals surface area contributed by atoms with Crippen LogP contribution in [0.4, 0.5) is 0 Å². The molecule has 3 fully saturated rings. The van der Waals surface area contributed by atoms with Crippen molar-refractivity contribution < 1.29 is 19.5 Å². The maximum absolute atomic E-state index is 13.7. The summed E-state index contributed by atoms with van der Waals surface area (Å²) in [6, 6.07) is 6.87. The minimum absolute atomic E-state index is 0.0334. The normalized spacial score (nSPS) is 29.1. The van der Waals surface area contributed by atoms with E-state index in [-0.39, 0.29) is 36.2 Å². The Kier molecular flexibility index (Phi) is 6.71. The van der Waals surface area contributed by atoms with Crippen LogP contribution >= 0.6 is 11.8 Å². The molecular weight excluding hydrogens is 468 g/mol. The molecule has 1 aromatic heterocycles. The predicted molar refractivity (Wildman–Crippen MR) is 131 cm³/mol. The van der Waals surface area contributed by atoms with Gasteiger partial charge in [0.25, 0.3) is 0 Å². The second kappa shape index (κ2) is 9.77. The third-order valence-electron chi connectivity index (χ3n) is 7.53. The van der Waals surface area contributed by atoms with Crippen molar-refractivity contribution in [2.75, 3.05) is 19.7 Å². The Morgan fingerprint density at radius 1 is 1.23 bits per heavy atom. The molecule has 3 aliphatic heterocycles. The number of carbonyl (C=O) groups excluding carboxylic acids is 3. The molecule has 10 nitrogen and oxygen atoms in total. The van der Waals surface area contributed by atoms with Crippen molar-refractivity contribution in [1.29, 1.82) is 0 Å². The number of benzene rings is 1. The van der Waals surface area contributed by atoms with Crippen LogP contribution in [0.15, 0.2) is 24.3 Å². The first-order chi connectivity index (χ1) is 17.0. The molecule has 3 amide bonds. The van der Waals surface area contributed by atoms with E-state index in [4.69, 9.17) is 0 Å². The van der Waals surface area contributed by atoms with E-state index in [0.717, 1.165) is 30.3 Å². The number of aliphatic hydroxyl groups excluding tert-OH is 1. The number of nitrogens with zero attached hydrogens (tertiary/aromatic N) is 4. The fourth-order valence-corrected chi connectivity index (χ4v) is 8.26. The number of fused-ring (bicyclic) bond motifs is 2. The Labute approximate surface area is 208 Å². The number of carbonyl (C=O) groups is 3. The van der Waals surface area contributed by atoms with Crippen molar-refractivity contribution in [3.05, 3.63) is 24.3 Å². The van der Waals surface area contributed by atoms with Crippen LogP contribution in [0.5, 0.6) is 0 Å². The minimum atomic E-state index is -0.660. The van der Waals surface area contributed by atoms with E-state index >= 15 is 0 Å². The number of hydrogen-bond donors (Lipinski definition) is 3. The number of aromatic nitrogens is 3. The smallest absolute Gasteiger partial charge is 0.245 e. The summed E-state index contributed by atoms with van der Waals surface area (Å²) in [6.07, 6.45) is 3.54. The van der Waals surface area contributed by atoms with E-state index < -0.39 is 22.6 Å². The zero-order chi connectivity index (χ0) is 24.6. The summed E-state index contributed by atoms with van der Waals surface area (Å²) in [6.45, 7) is 3.14. The number of hydrogen-bond acceptors (Lipinski definition) is 7. The molecule has 4 heterocycles. The van der Waals surface area contributed by atoms with Crippen molar-refractivity contribution in [2.45, 2.75) is 61.7 Å². The van der Waals surface area contributed by atoms with Crippen LogP contribution in [0.3, 0.4) is 0 Å². The van der Waals surface area contributed by atoms with Gasteiger partial charge in [-0.2, -0.15) is 0 Å². The topological polar surface area (TPSA) is 129 Å². The van der Waals surface area contributed by atoms with Gasteiger partial charge < -0.3 is 20.6 Å². The first kappa shape index (κ1) is 24.1. The molecule has 0 radical (unpaired) electrons. The van der Waals surface area contributed by atoms with Crippen molar-refractivity contribution in [2.24, 2.45) is 11.8 Å². The van der Waals surface area contributed by atoms with Gasteiger partial charge in [-0.15, -0.1) is 16.9 Å². The lowest BCUT2D eigenvalue weighted by atomic mass is 9.70.